The zero-order valence-corrected chi connectivity index (χ0v) is 16.4. The van der Waals surface area contributed by atoms with Crippen LogP contribution in [-0.4, -0.2) is 15.7 Å². The zero-order chi connectivity index (χ0) is 20.0. The number of carbonyl (C=O) groups is 1. The highest BCUT2D eigenvalue weighted by molar-refractivity contribution is 6.11. The molecule has 0 saturated carbocycles. The van der Waals surface area contributed by atoms with Gasteiger partial charge in [0.25, 0.3) is 5.91 Å². The summed E-state index contributed by atoms with van der Waals surface area (Å²) in [5.41, 5.74) is 6.69. The number of carbonyl (C=O) groups excluding carboxylic acids is 1. The number of amides is 1. The van der Waals surface area contributed by atoms with E-state index in [1.807, 2.05) is 65.2 Å². The Morgan fingerprint density at radius 2 is 1.45 bits per heavy atom. The summed E-state index contributed by atoms with van der Waals surface area (Å²) in [7, 11) is 1.91. The molecule has 3 aromatic carbocycles. The van der Waals surface area contributed by atoms with E-state index in [0.29, 0.717) is 5.69 Å². The van der Waals surface area contributed by atoms with Crippen LogP contribution in [0.3, 0.4) is 0 Å². The van der Waals surface area contributed by atoms with Crippen LogP contribution in [0.2, 0.25) is 0 Å². The van der Waals surface area contributed by atoms with E-state index in [1.54, 1.807) is 0 Å². The van der Waals surface area contributed by atoms with Crippen molar-refractivity contribution in [1.29, 1.82) is 0 Å². The molecule has 1 atom stereocenters. The summed E-state index contributed by atoms with van der Waals surface area (Å²) in [6.07, 6.45) is 0. The van der Waals surface area contributed by atoms with Crippen LogP contribution in [0, 0.1) is 6.92 Å². The molecule has 1 unspecified atom stereocenters. The van der Waals surface area contributed by atoms with E-state index < -0.39 is 0 Å². The minimum absolute atomic E-state index is 0.0606. The Hall–Kier alpha value is -3.66. The first-order valence-corrected chi connectivity index (χ1v) is 9.72. The van der Waals surface area contributed by atoms with Crippen molar-refractivity contribution in [3.63, 3.8) is 0 Å². The molecule has 0 saturated heterocycles. The molecule has 1 aliphatic rings. The molecular formula is C25H21N3O. The van der Waals surface area contributed by atoms with E-state index in [9.17, 15) is 4.79 Å². The molecule has 5 rings (SSSR count). The highest BCUT2D eigenvalue weighted by Gasteiger charge is 2.44. The zero-order valence-electron chi connectivity index (χ0n) is 16.4. The highest BCUT2D eigenvalue weighted by Crippen LogP contribution is 2.45. The number of aryl methyl sites for hydroxylation is 2. The second-order valence-electron chi connectivity index (χ2n) is 7.42. The molecule has 0 N–H and O–H groups in total. The molecule has 142 valence electrons. The predicted octanol–water partition coefficient (Wildman–Crippen LogP) is 5.15. The van der Waals surface area contributed by atoms with Gasteiger partial charge in [-0.2, -0.15) is 5.10 Å². The van der Waals surface area contributed by atoms with Gasteiger partial charge in [0, 0.05) is 23.9 Å². The SMILES string of the molecule is Cc1ccc(C2c3c(nn(C)c3-c3ccccc3)C(=O)N2c2ccccc2)cc1. The summed E-state index contributed by atoms with van der Waals surface area (Å²) in [5, 5.41) is 4.64. The summed E-state index contributed by atoms with van der Waals surface area (Å²) in [6, 6.07) is 28.2. The third-order valence-electron chi connectivity index (χ3n) is 5.51. The van der Waals surface area contributed by atoms with Crippen LogP contribution in [0.25, 0.3) is 11.3 Å². The number of rotatable bonds is 3. The molecule has 0 radical (unpaired) electrons. The first-order valence-electron chi connectivity index (χ1n) is 9.72. The molecule has 1 amide bonds. The molecule has 4 aromatic rings. The standard InChI is InChI=1S/C25H21N3O/c1-17-13-15-19(16-14-17)24-21-22(25(29)28(24)20-11-7-4-8-12-20)26-27(2)23(21)18-9-5-3-6-10-18/h3-16,24H,1-2H3. The highest BCUT2D eigenvalue weighted by atomic mass is 16.2. The van der Waals surface area contributed by atoms with Gasteiger partial charge in [-0.25, -0.2) is 0 Å². The second-order valence-corrected chi connectivity index (χ2v) is 7.42. The summed E-state index contributed by atoms with van der Waals surface area (Å²) in [6.45, 7) is 2.07. The van der Waals surface area contributed by atoms with Gasteiger partial charge in [0.2, 0.25) is 0 Å². The van der Waals surface area contributed by atoms with Gasteiger partial charge in [-0.3, -0.25) is 14.4 Å². The predicted molar refractivity (Wildman–Crippen MR) is 115 cm³/mol. The average Bonchev–Trinajstić information content (AvgIpc) is 3.23. The lowest BCUT2D eigenvalue weighted by Gasteiger charge is -2.27. The van der Waals surface area contributed by atoms with Crippen molar-refractivity contribution in [1.82, 2.24) is 9.78 Å². The van der Waals surface area contributed by atoms with Crippen molar-refractivity contribution in [2.75, 3.05) is 4.90 Å². The van der Waals surface area contributed by atoms with Gasteiger partial charge in [-0.15, -0.1) is 0 Å². The quantitative estimate of drug-likeness (QED) is 0.494. The van der Waals surface area contributed by atoms with Crippen molar-refractivity contribution in [3.8, 4) is 11.3 Å². The fraction of sp³-hybridized carbons (Fsp3) is 0.120. The van der Waals surface area contributed by atoms with Crippen molar-refractivity contribution in [2.45, 2.75) is 13.0 Å². The molecule has 0 bridgehead atoms. The summed E-state index contributed by atoms with van der Waals surface area (Å²) >= 11 is 0. The van der Waals surface area contributed by atoms with E-state index >= 15 is 0 Å². The number of anilines is 1. The van der Waals surface area contributed by atoms with Gasteiger partial charge in [0.05, 0.1) is 11.7 Å². The molecule has 2 heterocycles. The van der Waals surface area contributed by atoms with Crippen molar-refractivity contribution in [3.05, 3.63) is 107 Å². The van der Waals surface area contributed by atoms with Gasteiger partial charge in [-0.1, -0.05) is 78.4 Å². The number of fused-ring (bicyclic) bond motifs is 1. The minimum Gasteiger partial charge on any atom is -0.295 e. The van der Waals surface area contributed by atoms with E-state index in [0.717, 1.165) is 28.1 Å². The Balaban J connectivity index is 1.77. The lowest BCUT2D eigenvalue weighted by Crippen LogP contribution is -2.29. The maximum absolute atomic E-state index is 13.5. The van der Waals surface area contributed by atoms with Crippen molar-refractivity contribution in [2.24, 2.45) is 7.05 Å². The molecule has 4 nitrogen and oxygen atoms in total. The minimum atomic E-state index is -0.218. The molecule has 1 aliphatic heterocycles. The Labute approximate surface area is 170 Å². The fourth-order valence-corrected chi connectivity index (χ4v) is 4.18. The topological polar surface area (TPSA) is 38.1 Å². The Morgan fingerprint density at radius 3 is 2.10 bits per heavy atom. The van der Waals surface area contributed by atoms with Crippen LogP contribution in [0.15, 0.2) is 84.9 Å². The number of benzene rings is 3. The lowest BCUT2D eigenvalue weighted by atomic mass is 9.95. The molecule has 29 heavy (non-hydrogen) atoms. The summed E-state index contributed by atoms with van der Waals surface area (Å²) in [5.74, 6) is -0.0606. The smallest absolute Gasteiger partial charge is 0.280 e. The first-order chi connectivity index (χ1) is 14.1. The monoisotopic (exact) mass is 379 g/mol. The van der Waals surface area contributed by atoms with E-state index in [1.165, 1.54) is 5.56 Å². The van der Waals surface area contributed by atoms with Crippen LogP contribution in [0.5, 0.6) is 0 Å². The van der Waals surface area contributed by atoms with E-state index in [2.05, 4.69) is 48.4 Å². The maximum atomic E-state index is 13.5. The van der Waals surface area contributed by atoms with Crippen LogP contribution in [-0.2, 0) is 7.05 Å². The number of hydrogen-bond acceptors (Lipinski definition) is 2. The Kier molecular flexibility index (Phi) is 4.06. The first kappa shape index (κ1) is 17.4. The Morgan fingerprint density at radius 1 is 0.828 bits per heavy atom. The third-order valence-corrected chi connectivity index (χ3v) is 5.51. The van der Waals surface area contributed by atoms with E-state index in [4.69, 9.17) is 0 Å². The van der Waals surface area contributed by atoms with E-state index in [-0.39, 0.29) is 11.9 Å². The third kappa shape index (κ3) is 2.76. The number of para-hydroxylation sites is 1. The molecular weight excluding hydrogens is 358 g/mol. The van der Waals surface area contributed by atoms with Crippen LogP contribution in [0.1, 0.15) is 33.2 Å². The van der Waals surface area contributed by atoms with Gasteiger partial charge < -0.3 is 0 Å². The summed E-state index contributed by atoms with van der Waals surface area (Å²) in [4.78, 5) is 15.4. The van der Waals surface area contributed by atoms with Crippen LogP contribution >= 0.6 is 0 Å². The maximum Gasteiger partial charge on any atom is 0.280 e. The average molecular weight is 379 g/mol. The second kappa shape index (κ2) is 6.74. The number of hydrogen-bond donors (Lipinski definition) is 0. The van der Waals surface area contributed by atoms with Crippen LogP contribution < -0.4 is 4.90 Å². The lowest BCUT2D eigenvalue weighted by molar-refractivity contribution is 0.0988. The van der Waals surface area contributed by atoms with Gasteiger partial charge in [-0.05, 0) is 24.6 Å². The number of nitrogens with zero attached hydrogens (tertiary/aromatic N) is 3. The molecule has 4 heteroatoms. The van der Waals surface area contributed by atoms with Crippen molar-refractivity contribution >= 4 is 11.6 Å². The largest absolute Gasteiger partial charge is 0.295 e. The Bertz CT molecular complexity index is 1180. The van der Waals surface area contributed by atoms with Gasteiger partial charge in [0.1, 0.15) is 0 Å². The molecule has 0 fully saturated rings. The summed E-state index contributed by atoms with van der Waals surface area (Å²) < 4.78 is 1.83. The van der Waals surface area contributed by atoms with Gasteiger partial charge in [0.15, 0.2) is 5.69 Å². The molecule has 1 aromatic heterocycles. The fourth-order valence-electron chi connectivity index (χ4n) is 4.18. The number of aromatic nitrogens is 2. The van der Waals surface area contributed by atoms with Crippen LogP contribution in [0.4, 0.5) is 5.69 Å². The molecule has 0 aliphatic carbocycles. The molecule has 0 spiro atoms. The van der Waals surface area contributed by atoms with Gasteiger partial charge >= 0.3 is 0 Å². The van der Waals surface area contributed by atoms with Crippen molar-refractivity contribution < 1.29 is 4.79 Å². The normalized spacial score (nSPS) is 15.6.